The molecular formula is C12H21N3O2. The molecule has 1 heterocycles. The van der Waals surface area contributed by atoms with Crippen molar-refractivity contribution < 1.29 is 9.84 Å². The van der Waals surface area contributed by atoms with Gasteiger partial charge in [0.15, 0.2) is 0 Å². The first kappa shape index (κ1) is 14.1. The molecule has 0 aliphatic heterocycles. The molecule has 0 spiro atoms. The Morgan fingerprint density at radius 1 is 1.53 bits per heavy atom. The summed E-state index contributed by atoms with van der Waals surface area (Å²) < 4.78 is 5.24. The molecule has 1 aromatic heterocycles. The molecule has 96 valence electrons. The van der Waals surface area contributed by atoms with Crippen LogP contribution in [0.3, 0.4) is 0 Å². The average molecular weight is 239 g/mol. The summed E-state index contributed by atoms with van der Waals surface area (Å²) >= 11 is 0. The van der Waals surface area contributed by atoms with Crippen molar-refractivity contribution in [2.45, 2.75) is 6.04 Å². The molecule has 17 heavy (non-hydrogen) atoms. The maximum atomic E-state index is 8.60. The molecule has 0 amide bonds. The fourth-order valence-electron chi connectivity index (χ4n) is 1.67. The van der Waals surface area contributed by atoms with Gasteiger partial charge >= 0.3 is 0 Å². The Kier molecular flexibility index (Phi) is 6.73. The Morgan fingerprint density at radius 3 is 2.94 bits per heavy atom. The lowest BCUT2D eigenvalue weighted by molar-refractivity contribution is 0.0709. The van der Waals surface area contributed by atoms with Gasteiger partial charge in [-0.05, 0) is 18.7 Å². The third kappa shape index (κ3) is 4.79. The topological polar surface area (TPSA) is 71.6 Å². The molecule has 1 unspecified atom stereocenters. The lowest BCUT2D eigenvalue weighted by Crippen LogP contribution is -2.33. The molecule has 0 saturated carbocycles. The fraction of sp³-hybridized carbons (Fsp3) is 0.583. The monoisotopic (exact) mass is 239 g/mol. The first-order chi connectivity index (χ1) is 8.29. The summed E-state index contributed by atoms with van der Waals surface area (Å²) in [6.45, 7) is 2.35. The van der Waals surface area contributed by atoms with E-state index in [2.05, 4.69) is 9.88 Å². The van der Waals surface area contributed by atoms with E-state index in [4.69, 9.17) is 15.6 Å². The standard InChI is InChI=1S/C12H21N3O2/c1-15(5-7-17-8-6-16)12(9-13)11-3-2-4-14-10-11/h2-4,10,12,16H,5-9,13H2,1H3. The van der Waals surface area contributed by atoms with E-state index >= 15 is 0 Å². The van der Waals surface area contributed by atoms with E-state index in [0.29, 0.717) is 19.8 Å². The summed E-state index contributed by atoms with van der Waals surface area (Å²) in [5.74, 6) is 0. The molecule has 5 nitrogen and oxygen atoms in total. The van der Waals surface area contributed by atoms with E-state index in [1.807, 2.05) is 25.4 Å². The molecule has 0 aromatic carbocycles. The highest BCUT2D eigenvalue weighted by Crippen LogP contribution is 2.16. The van der Waals surface area contributed by atoms with Gasteiger partial charge < -0.3 is 15.6 Å². The zero-order valence-corrected chi connectivity index (χ0v) is 10.2. The zero-order valence-electron chi connectivity index (χ0n) is 10.2. The number of ether oxygens (including phenoxy) is 1. The number of nitrogens with two attached hydrogens (primary N) is 1. The predicted molar refractivity (Wildman–Crippen MR) is 66.6 cm³/mol. The van der Waals surface area contributed by atoms with E-state index in [1.165, 1.54) is 0 Å². The van der Waals surface area contributed by atoms with Crippen LogP contribution in [0.5, 0.6) is 0 Å². The van der Waals surface area contributed by atoms with E-state index < -0.39 is 0 Å². The van der Waals surface area contributed by atoms with Crippen molar-refractivity contribution >= 4 is 0 Å². The number of hydrogen-bond donors (Lipinski definition) is 2. The van der Waals surface area contributed by atoms with Crippen LogP contribution in [-0.4, -0.2) is 54.9 Å². The maximum absolute atomic E-state index is 8.60. The summed E-state index contributed by atoms with van der Waals surface area (Å²) in [5.41, 5.74) is 6.90. The van der Waals surface area contributed by atoms with E-state index in [-0.39, 0.29) is 12.6 Å². The van der Waals surface area contributed by atoms with Crippen LogP contribution in [0, 0.1) is 0 Å². The minimum absolute atomic E-state index is 0.0621. The van der Waals surface area contributed by atoms with Gasteiger partial charge in [0.05, 0.1) is 19.8 Å². The molecule has 0 saturated heterocycles. The molecule has 1 rings (SSSR count). The molecule has 0 fully saturated rings. The summed E-state index contributed by atoms with van der Waals surface area (Å²) in [4.78, 5) is 6.23. The minimum atomic E-state index is 0.0621. The van der Waals surface area contributed by atoms with Gasteiger partial charge in [-0.25, -0.2) is 0 Å². The van der Waals surface area contributed by atoms with Crippen LogP contribution in [0.15, 0.2) is 24.5 Å². The largest absolute Gasteiger partial charge is 0.394 e. The highest BCUT2D eigenvalue weighted by atomic mass is 16.5. The lowest BCUT2D eigenvalue weighted by Gasteiger charge is -2.26. The second kappa shape index (κ2) is 8.14. The Balaban J connectivity index is 2.44. The molecule has 0 aliphatic rings. The van der Waals surface area contributed by atoms with Gasteiger partial charge in [-0.1, -0.05) is 6.07 Å². The van der Waals surface area contributed by atoms with Crippen molar-refractivity contribution in [1.82, 2.24) is 9.88 Å². The summed E-state index contributed by atoms with van der Waals surface area (Å²) in [5, 5.41) is 8.60. The first-order valence-corrected chi connectivity index (χ1v) is 5.78. The van der Waals surface area contributed by atoms with Gasteiger partial charge in [-0.2, -0.15) is 0 Å². The highest BCUT2D eigenvalue weighted by Gasteiger charge is 2.14. The van der Waals surface area contributed by atoms with Crippen molar-refractivity contribution in [1.29, 1.82) is 0 Å². The van der Waals surface area contributed by atoms with Crippen LogP contribution in [0.2, 0.25) is 0 Å². The van der Waals surface area contributed by atoms with Gasteiger partial charge in [0.1, 0.15) is 0 Å². The van der Waals surface area contributed by atoms with E-state index in [1.54, 1.807) is 6.20 Å². The number of hydrogen-bond acceptors (Lipinski definition) is 5. The van der Waals surface area contributed by atoms with E-state index in [9.17, 15) is 0 Å². The van der Waals surface area contributed by atoms with Gasteiger partial charge in [-0.15, -0.1) is 0 Å². The highest BCUT2D eigenvalue weighted by molar-refractivity contribution is 5.14. The Bertz CT molecular complexity index is 295. The average Bonchev–Trinajstić information content (AvgIpc) is 2.37. The van der Waals surface area contributed by atoms with Crippen molar-refractivity contribution in [3.05, 3.63) is 30.1 Å². The van der Waals surface area contributed by atoms with Crippen LogP contribution in [0.1, 0.15) is 11.6 Å². The number of aliphatic hydroxyl groups is 1. The van der Waals surface area contributed by atoms with Crippen molar-refractivity contribution in [2.24, 2.45) is 5.73 Å². The van der Waals surface area contributed by atoms with Gasteiger partial charge in [0.25, 0.3) is 0 Å². The molecule has 3 N–H and O–H groups in total. The molecule has 5 heteroatoms. The summed E-state index contributed by atoms with van der Waals surface area (Å²) in [6, 6.07) is 4.09. The Morgan fingerprint density at radius 2 is 2.35 bits per heavy atom. The fourth-order valence-corrected chi connectivity index (χ4v) is 1.67. The number of nitrogens with zero attached hydrogens (tertiary/aromatic N) is 2. The van der Waals surface area contributed by atoms with Crippen LogP contribution in [0.4, 0.5) is 0 Å². The lowest BCUT2D eigenvalue weighted by atomic mass is 10.1. The Labute approximate surface area is 102 Å². The van der Waals surface area contributed by atoms with Gasteiger partial charge in [0, 0.05) is 31.5 Å². The number of aliphatic hydroxyl groups excluding tert-OH is 1. The minimum Gasteiger partial charge on any atom is -0.394 e. The second-order valence-corrected chi connectivity index (χ2v) is 3.85. The molecule has 1 aromatic rings. The molecule has 0 bridgehead atoms. The second-order valence-electron chi connectivity index (χ2n) is 3.85. The molecule has 0 radical (unpaired) electrons. The van der Waals surface area contributed by atoms with E-state index in [0.717, 1.165) is 12.1 Å². The van der Waals surface area contributed by atoms with Crippen LogP contribution in [0.25, 0.3) is 0 Å². The first-order valence-electron chi connectivity index (χ1n) is 5.78. The van der Waals surface area contributed by atoms with Crippen LogP contribution >= 0.6 is 0 Å². The SMILES string of the molecule is CN(CCOCCO)C(CN)c1cccnc1. The number of likely N-dealkylation sites (N-methyl/N-ethyl adjacent to an activating group) is 1. The van der Waals surface area contributed by atoms with Crippen molar-refractivity contribution in [3.8, 4) is 0 Å². The van der Waals surface area contributed by atoms with Crippen LogP contribution in [-0.2, 0) is 4.74 Å². The van der Waals surface area contributed by atoms with Crippen molar-refractivity contribution in [2.75, 3.05) is 40.0 Å². The molecule has 0 aliphatic carbocycles. The quantitative estimate of drug-likeness (QED) is 0.626. The molecule has 1 atom stereocenters. The van der Waals surface area contributed by atoms with Crippen molar-refractivity contribution in [3.63, 3.8) is 0 Å². The third-order valence-electron chi connectivity index (χ3n) is 2.65. The van der Waals surface area contributed by atoms with Gasteiger partial charge in [-0.3, -0.25) is 9.88 Å². The number of pyridine rings is 1. The van der Waals surface area contributed by atoms with Gasteiger partial charge in [0.2, 0.25) is 0 Å². The summed E-state index contributed by atoms with van der Waals surface area (Å²) in [7, 11) is 2.01. The number of aromatic nitrogens is 1. The normalized spacial score (nSPS) is 12.9. The smallest absolute Gasteiger partial charge is 0.0698 e. The number of rotatable bonds is 8. The predicted octanol–water partition coefficient (Wildman–Crippen LogP) is 0.0221. The maximum Gasteiger partial charge on any atom is 0.0698 e. The van der Waals surface area contributed by atoms with Crippen LogP contribution < -0.4 is 5.73 Å². The Hall–Kier alpha value is -1.01. The third-order valence-corrected chi connectivity index (χ3v) is 2.65. The molecular weight excluding hydrogens is 218 g/mol. The zero-order chi connectivity index (χ0) is 12.5. The summed E-state index contributed by atoms with van der Waals surface area (Å²) in [6.07, 6.45) is 3.59.